The number of halogens is 3. The molecule has 0 bridgehead atoms. The molecule has 0 aliphatic rings. The molecule has 0 saturated heterocycles. The maximum Gasteiger partial charge on any atom is 0.472 e. The van der Waals surface area contributed by atoms with Gasteiger partial charge in [-0.1, -0.05) is 0 Å². The second-order valence-electron chi connectivity index (χ2n) is 4.75. The molecule has 24 heavy (non-hydrogen) atoms. The third-order valence-corrected chi connectivity index (χ3v) is 3.21. The van der Waals surface area contributed by atoms with Crippen molar-refractivity contribution in [3.8, 4) is 0 Å². The standard InChI is InChI=1S/C11H11F3N6O4/c1-19-7-3(8(22)20(2)10(19)24)5(21)4(15)6(16-7)17-18-9(23)11(12,13)14/h15H2,1-2H3,(H,18,23)(H2,16,17,21). The number of fused-ring (bicyclic) bond motifs is 1. The van der Waals surface area contributed by atoms with Gasteiger partial charge in [0.2, 0.25) is 5.43 Å². The number of nitrogens with two attached hydrogens (primary N) is 1. The molecule has 0 atom stereocenters. The average molecular weight is 348 g/mol. The normalized spacial score (nSPS) is 11.5. The van der Waals surface area contributed by atoms with E-state index in [0.717, 1.165) is 11.6 Å². The number of aromatic nitrogens is 3. The fourth-order valence-electron chi connectivity index (χ4n) is 1.92. The van der Waals surface area contributed by atoms with Crippen LogP contribution in [0.15, 0.2) is 14.4 Å². The van der Waals surface area contributed by atoms with Crippen molar-refractivity contribution in [1.29, 1.82) is 0 Å². The van der Waals surface area contributed by atoms with Crippen LogP contribution >= 0.6 is 0 Å². The number of nitrogen functional groups attached to an aromatic ring is 1. The second kappa shape index (κ2) is 5.43. The molecule has 2 rings (SSSR count). The lowest BCUT2D eigenvalue weighted by Crippen LogP contribution is -2.42. The molecule has 0 saturated carbocycles. The van der Waals surface area contributed by atoms with Crippen LogP contribution in [-0.4, -0.2) is 26.2 Å². The molecule has 5 N–H and O–H groups in total. The first-order chi connectivity index (χ1) is 11.0. The highest BCUT2D eigenvalue weighted by Gasteiger charge is 2.38. The van der Waals surface area contributed by atoms with Gasteiger partial charge in [-0.15, -0.1) is 0 Å². The van der Waals surface area contributed by atoms with E-state index >= 15 is 0 Å². The number of aryl methyl sites for hydroxylation is 1. The lowest BCUT2D eigenvalue weighted by Gasteiger charge is -2.14. The third kappa shape index (κ3) is 2.59. The van der Waals surface area contributed by atoms with Crippen LogP contribution in [0.4, 0.5) is 24.7 Å². The number of pyridine rings is 1. The number of nitrogens with one attached hydrogen (secondary N) is 3. The number of H-pyrrole nitrogens is 1. The average Bonchev–Trinajstić information content (AvgIpc) is 2.50. The molecule has 0 aromatic carbocycles. The van der Waals surface area contributed by atoms with E-state index in [4.69, 9.17) is 5.73 Å². The zero-order valence-corrected chi connectivity index (χ0v) is 12.2. The van der Waals surface area contributed by atoms with Gasteiger partial charge < -0.3 is 10.7 Å². The van der Waals surface area contributed by atoms with E-state index in [-0.39, 0.29) is 5.65 Å². The predicted molar refractivity (Wildman–Crippen MR) is 77.3 cm³/mol. The quantitative estimate of drug-likeness (QED) is 0.487. The van der Waals surface area contributed by atoms with E-state index in [1.54, 1.807) is 0 Å². The van der Waals surface area contributed by atoms with Gasteiger partial charge in [0.15, 0.2) is 5.82 Å². The lowest BCUT2D eigenvalue weighted by atomic mass is 10.2. The molecule has 2 aromatic heterocycles. The van der Waals surface area contributed by atoms with Gasteiger partial charge in [0.05, 0.1) is 0 Å². The van der Waals surface area contributed by atoms with Gasteiger partial charge in [0.1, 0.15) is 16.7 Å². The predicted octanol–water partition coefficient (Wildman–Crippen LogP) is -1.49. The number of nitrogens with zero attached hydrogens (tertiary/aromatic N) is 2. The van der Waals surface area contributed by atoms with Crippen molar-refractivity contribution in [2.75, 3.05) is 11.2 Å². The third-order valence-electron chi connectivity index (χ3n) is 3.21. The van der Waals surface area contributed by atoms with Crippen molar-refractivity contribution in [2.24, 2.45) is 14.1 Å². The van der Waals surface area contributed by atoms with Crippen LogP contribution in [0.1, 0.15) is 0 Å². The molecule has 0 spiro atoms. The van der Waals surface area contributed by atoms with Crippen molar-refractivity contribution in [3.63, 3.8) is 0 Å². The van der Waals surface area contributed by atoms with Crippen LogP contribution in [-0.2, 0) is 18.9 Å². The summed E-state index contributed by atoms with van der Waals surface area (Å²) in [6.07, 6.45) is -5.16. The molecule has 0 fully saturated rings. The number of hydrogen-bond acceptors (Lipinski definition) is 6. The van der Waals surface area contributed by atoms with E-state index in [1.165, 1.54) is 12.5 Å². The summed E-state index contributed by atoms with van der Waals surface area (Å²) >= 11 is 0. The van der Waals surface area contributed by atoms with Crippen LogP contribution in [0, 0.1) is 0 Å². The van der Waals surface area contributed by atoms with Crippen LogP contribution in [0.3, 0.4) is 0 Å². The Bertz CT molecular complexity index is 1020. The van der Waals surface area contributed by atoms with Crippen LogP contribution < -0.4 is 33.3 Å². The zero-order valence-electron chi connectivity index (χ0n) is 12.2. The summed E-state index contributed by atoms with van der Waals surface area (Å²) in [5, 5.41) is -0.454. The Morgan fingerprint density at radius 3 is 2.29 bits per heavy atom. The smallest absolute Gasteiger partial charge is 0.393 e. The first kappa shape index (κ1) is 17.1. The topological polar surface area (TPSA) is 144 Å². The van der Waals surface area contributed by atoms with Crippen molar-refractivity contribution in [1.82, 2.24) is 19.5 Å². The van der Waals surface area contributed by atoms with Gasteiger partial charge in [-0.25, -0.2) is 4.79 Å². The Morgan fingerprint density at radius 2 is 1.75 bits per heavy atom. The fourth-order valence-corrected chi connectivity index (χ4v) is 1.92. The summed E-state index contributed by atoms with van der Waals surface area (Å²) in [5.74, 6) is -2.84. The number of carbonyl (C=O) groups excluding carboxylic acids is 1. The maximum atomic E-state index is 12.2. The van der Waals surface area contributed by atoms with E-state index in [0.29, 0.717) is 4.57 Å². The van der Waals surface area contributed by atoms with Gasteiger partial charge in [-0.3, -0.25) is 34.4 Å². The molecule has 0 aliphatic carbocycles. The number of carbonyl (C=O) groups is 1. The highest BCUT2D eigenvalue weighted by Crippen LogP contribution is 2.16. The highest BCUT2D eigenvalue weighted by atomic mass is 19.4. The molecular weight excluding hydrogens is 337 g/mol. The Labute approximate surface area is 129 Å². The summed E-state index contributed by atoms with van der Waals surface area (Å²) < 4.78 is 38.0. The van der Waals surface area contributed by atoms with Gasteiger partial charge in [0, 0.05) is 14.1 Å². The maximum absolute atomic E-state index is 12.2. The molecule has 0 radical (unpaired) electrons. The number of anilines is 2. The van der Waals surface area contributed by atoms with Gasteiger partial charge in [0.25, 0.3) is 5.56 Å². The molecule has 13 heteroatoms. The Balaban J connectivity index is 2.66. The van der Waals surface area contributed by atoms with E-state index in [1.807, 2.05) is 5.43 Å². The first-order valence-corrected chi connectivity index (χ1v) is 6.21. The number of rotatable bonds is 2. The van der Waals surface area contributed by atoms with E-state index in [9.17, 15) is 32.3 Å². The summed E-state index contributed by atoms with van der Waals surface area (Å²) in [6, 6.07) is 0. The van der Waals surface area contributed by atoms with Crippen LogP contribution in [0.2, 0.25) is 0 Å². The van der Waals surface area contributed by atoms with Gasteiger partial charge in [-0.05, 0) is 0 Å². The second-order valence-corrected chi connectivity index (χ2v) is 4.75. The molecule has 10 nitrogen and oxygen atoms in total. The molecular formula is C11H11F3N6O4. The highest BCUT2D eigenvalue weighted by molar-refractivity contribution is 5.85. The minimum Gasteiger partial charge on any atom is -0.393 e. The summed E-state index contributed by atoms with van der Waals surface area (Å²) in [4.78, 5) is 49.2. The zero-order chi connectivity index (χ0) is 18.4. The Hall–Kier alpha value is -3.25. The molecule has 130 valence electrons. The lowest BCUT2D eigenvalue weighted by molar-refractivity contribution is -0.173. The van der Waals surface area contributed by atoms with Crippen LogP contribution in [0.5, 0.6) is 0 Å². The fraction of sp³-hybridized carbons (Fsp3) is 0.273. The minimum absolute atomic E-state index is 0.272. The molecule has 0 unspecified atom stereocenters. The van der Waals surface area contributed by atoms with Gasteiger partial charge in [-0.2, -0.15) is 13.2 Å². The number of aromatic amines is 1. The number of amides is 1. The monoisotopic (exact) mass is 348 g/mol. The Morgan fingerprint density at radius 1 is 1.17 bits per heavy atom. The minimum atomic E-state index is -5.16. The SMILES string of the molecule is Cn1c(=O)c2c(=O)c(N)c(NNC(=O)C(F)(F)F)[nH]c2n(C)c1=O. The van der Waals surface area contributed by atoms with Crippen molar-refractivity contribution >= 4 is 28.4 Å². The molecule has 2 aromatic rings. The number of hydrazine groups is 1. The van der Waals surface area contributed by atoms with Crippen molar-refractivity contribution < 1.29 is 18.0 Å². The number of alkyl halides is 3. The van der Waals surface area contributed by atoms with Crippen molar-refractivity contribution in [3.05, 3.63) is 31.1 Å². The summed E-state index contributed by atoms with van der Waals surface area (Å²) in [7, 11) is 2.38. The Kier molecular flexibility index (Phi) is 3.87. The van der Waals surface area contributed by atoms with E-state index in [2.05, 4.69) is 4.98 Å². The summed E-state index contributed by atoms with van der Waals surface area (Å²) in [6.45, 7) is 0. The first-order valence-electron chi connectivity index (χ1n) is 6.21. The largest absolute Gasteiger partial charge is 0.472 e. The molecule has 0 aliphatic heterocycles. The van der Waals surface area contributed by atoms with Gasteiger partial charge >= 0.3 is 17.8 Å². The van der Waals surface area contributed by atoms with E-state index < -0.39 is 45.7 Å². The summed E-state index contributed by atoms with van der Waals surface area (Å²) in [5.41, 5.74) is 4.96. The molecule has 2 heterocycles. The van der Waals surface area contributed by atoms with Crippen molar-refractivity contribution in [2.45, 2.75) is 6.18 Å². The number of hydrogen-bond donors (Lipinski definition) is 4. The van der Waals surface area contributed by atoms with Crippen LogP contribution in [0.25, 0.3) is 11.0 Å². The molecule has 1 amide bonds.